The minimum atomic E-state index is 0.198. The van der Waals surface area contributed by atoms with Crippen LogP contribution in [0.15, 0.2) is 28.9 Å². The predicted octanol–water partition coefficient (Wildman–Crippen LogP) is 2.94. The second-order valence-corrected chi connectivity index (χ2v) is 6.56. The summed E-state index contributed by atoms with van der Waals surface area (Å²) in [6.07, 6.45) is 7.02. The second kappa shape index (κ2) is 8.14. The van der Waals surface area contributed by atoms with Crippen molar-refractivity contribution in [3.05, 3.63) is 41.4 Å². The Labute approximate surface area is 148 Å². The zero-order valence-electron chi connectivity index (χ0n) is 14.9. The van der Waals surface area contributed by atoms with Crippen molar-refractivity contribution in [1.29, 1.82) is 0 Å². The van der Waals surface area contributed by atoms with E-state index in [9.17, 15) is 4.79 Å². The van der Waals surface area contributed by atoms with Crippen LogP contribution in [0.3, 0.4) is 0 Å². The molecule has 1 aliphatic heterocycles. The molecule has 0 bridgehead atoms. The number of ether oxygens (including phenoxy) is 1. The Morgan fingerprint density at radius 2 is 2.28 bits per heavy atom. The Kier molecular flexibility index (Phi) is 5.68. The molecule has 1 atom stereocenters. The van der Waals surface area contributed by atoms with Gasteiger partial charge in [-0.1, -0.05) is 0 Å². The average molecular weight is 343 g/mol. The number of methoxy groups -OCH3 is 1. The fourth-order valence-electron chi connectivity index (χ4n) is 3.44. The summed E-state index contributed by atoms with van der Waals surface area (Å²) in [5.74, 6) is 1.34. The zero-order chi connectivity index (χ0) is 17.6. The molecule has 0 radical (unpaired) electrons. The summed E-state index contributed by atoms with van der Waals surface area (Å²) < 4.78 is 10.2. The van der Waals surface area contributed by atoms with E-state index in [1.165, 1.54) is 5.56 Å². The standard InChI is InChI=1S/C19H25N3O3/c1-14-12-15(9-10-20-14)5-6-16-4-3-11-22(16)19(23)8-7-17-13-18(24-2)21-25-17/h9-10,12-13,16H,3-8,11H2,1-2H3/t16-/m0/s1. The van der Waals surface area contributed by atoms with Gasteiger partial charge in [0.15, 0.2) is 0 Å². The van der Waals surface area contributed by atoms with Crippen LogP contribution in [-0.2, 0) is 17.6 Å². The van der Waals surface area contributed by atoms with Gasteiger partial charge in [-0.3, -0.25) is 9.78 Å². The number of rotatable bonds is 7. The van der Waals surface area contributed by atoms with Crippen molar-refractivity contribution < 1.29 is 14.1 Å². The van der Waals surface area contributed by atoms with Crippen LogP contribution in [0.4, 0.5) is 0 Å². The Morgan fingerprint density at radius 1 is 1.40 bits per heavy atom. The summed E-state index contributed by atoms with van der Waals surface area (Å²) in [5.41, 5.74) is 2.33. The van der Waals surface area contributed by atoms with Crippen molar-refractivity contribution >= 4 is 5.91 Å². The lowest BCUT2D eigenvalue weighted by molar-refractivity contribution is -0.132. The van der Waals surface area contributed by atoms with Crippen molar-refractivity contribution in [2.75, 3.05) is 13.7 Å². The van der Waals surface area contributed by atoms with Crippen molar-refractivity contribution in [3.8, 4) is 5.88 Å². The number of aryl methyl sites for hydroxylation is 3. The van der Waals surface area contributed by atoms with Gasteiger partial charge in [0.05, 0.1) is 7.11 Å². The van der Waals surface area contributed by atoms with Crippen molar-refractivity contribution in [3.63, 3.8) is 0 Å². The number of nitrogens with zero attached hydrogens (tertiary/aromatic N) is 3. The van der Waals surface area contributed by atoms with E-state index in [-0.39, 0.29) is 5.91 Å². The molecule has 3 heterocycles. The van der Waals surface area contributed by atoms with Gasteiger partial charge in [0.2, 0.25) is 5.91 Å². The van der Waals surface area contributed by atoms with Crippen LogP contribution in [0.25, 0.3) is 0 Å². The van der Waals surface area contributed by atoms with Gasteiger partial charge in [-0.15, -0.1) is 0 Å². The van der Waals surface area contributed by atoms with Crippen LogP contribution in [0.5, 0.6) is 5.88 Å². The first-order valence-electron chi connectivity index (χ1n) is 8.86. The number of pyridine rings is 1. The minimum Gasteiger partial charge on any atom is -0.479 e. The Bertz CT molecular complexity index is 713. The van der Waals surface area contributed by atoms with Gasteiger partial charge in [-0.2, -0.15) is 0 Å². The minimum absolute atomic E-state index is 0.198. The molecule has 0 spiro atoms. The number of hydrogen-bond acceptors (Lipinski definition) is 5. The number of carbonyl (C=O) groups excluding carboxylic acids is 1. The van der Waals surface area contributed by atoms with Gasteiger partial charge in [0.25, 0.3) is 5.88 Å². The lowest BCUT2D eigenvalue weighted by atomic mass is 10.0. The first kappa shape index (κ1) is 17.5. The maximum absolute atomic E-state index is 12.6. The molecule has 1 saturated heterocycles. The third kappa shape index (κ3) is 4.59. The molecule has 134 valence electrons. The molecule has 1 amide bonds. The van der Waals surface area contributed by atoms with Gasteiger partial charge in [-0.25, -0.2) is 0 Å². The molecular weight excluding hydrogens is 318 g/mol. The van der Waals surface area contributed by atoms with Crippen molar-refractivity contribution in [1.82, 2.24) is 15.0 Å². The highest BCUT2D eigenvalue weighted by atomic mass is 16.5. The lowest BCUT2D eigenvalue weighted by Crippen LogP contribution is -2.35. The maximum Gasteiger partial charge on any atom is 0.254 e. The van der Waals surface area contributed by atoms with E-state index in [0.717, 1.165) is 37.9 Å². The van der Waals surface area contributed by atoms with Crippen LogP contribution in [-0.4, -0.2) is 40.6 Å². The van der Waals surface area contributed by atoms with Crippen LogP contribution in [0.2, 0.25) is 0 Å². The molecule has 25 heavy (non-hydrogen) atoms. The lowest BCUT2D eigenvalue weighted by Gasteiger charge is -2.24. The molecule has 6 nitrogen and oxygen atoms in total. The molecule has 0 saturated carbocycles. The molecule has 2 aromatic heterocycles. The van der Waals surface area contributed by atoms with Crippen LogP contribution < -0.4 is 4.74 Å². The van der Waals surface area contributed by atoms with Crippen molar-refractivity contribution in [2.24, 2.45) is 0 Å². The monoisotopic (exact) mass is 343 g/mol. The van der Waals surface area contributed by atoms with E-state index >= 15 is 0 Å². The fourth-order valence-corrected chi connectivity index (χ4v) is 3.44. The third-order valence-electron chi connectivity index (χ3n) is 4.76. The van der Waals surface area contributed by atoms with Gasteiger partial charge in [0.1, 0.15) is 5.76 Å². The van der Waals surface area contributed by atoms with Crippen molar-refractivity contribution in [2.45, 2.75) is 51.5 Å². The molecule has 2 aromatic rings. The fraction of sp³-hybridized carbons (Fsp3) is 0.526. The van der Waals surface area contributed by atoms with E-state index in [1.807, 2.05) is 18.0 Å². The first-order valence-corrected chi connectivity index (χ1v) is 8.86. The normalized spacial score (nSPS) is 17.0. The summed E-state index contributed by atoms with van der Waals surface area (Å²) in [7, 11) is 1.55. The largest absolute Gasteiger partial charge is 0.479 e. The topological polar surface area (TPSA) is 68.5 Å². The molecule has 0 N–H and O–H groups in total. The Balaban J connectivity index is 1.50. The van der Waals surface area contributed by atoms with Gasteiger partial charge < -0.3 is 14.2 Å². The predicted molar refractivity (Wildman–Crippen MR) is 93.4 cm³/mol. The molecule has 0 aromatic carbocycles. The maximum atomic E-state index is 12.6. The highest BCUT2D eigenvalue weighted by molar-refractivity contribution is 5.77. The molecule has 6 heteroatoms. The smallest absolute Gasteiger partial charge is 0.254 e. The molecule has 0 unspecified atom stereocenters. The Morgan fingerprint density at radius 3 is 3.04 bits per heavy atom. The summed E-state index contributed by atoms with van der Waals surface area (Å²) in [6.45, 7) is 2.87. The van der Waals surface area contributed by atoms with E-state index in [4.69, 9.17) is 9.26 Å². The van der Waals surface area contributed by atoms with Gasteiger partial charge >= 0.3 is 0 Å². The molecule has 1 aliphatic rings. The SMILES string of the molecule is COc1cc(CCC(=O)N2CCC[C@H]2CCc2ccnc(C)c2)on1. The van der Waals surface area contributed by atoms with Gasteiger partial charge in [-0.05, 0) is 55.5 Å². The van der Waals surface area contributed by atoms with E-state index in [0.29, 0.717) is 30.5 Å². The molecule has 0 aliphatic carbocycles. The third-order valence-corrected chi connectivity index (χ3v) is 4.76. The number of carbonyl (C=O) groups is 1. The quantitative estimate of drug-likeness (QED) is 0.773. The van der Waals surface area contributed by atoms with E-state index in [1.54, 1.807) is 13.2 Å². The van der Waals surface area contributed by atoms with Crippen LogP contribution in [0, 0.1) is 6.92 Å². The van der Waals surface area contributed by atoms with E-state index in [2.05, 4.69) is 22.3 Å². The van der Waals surface area contributed by atoms with Crippen LogP contribution >= 0.6 is 0 Å². The van der Waals surface area contributed by atoms with E-state index < -0.39 is 0 Å². The highest BCUT2D eigenvalue weighted by Crippen LogP contribution is 2.23. The highest BCUT2D eigenvalue weighted by Gasteiger charge is 2.28. The summed E-state index contributed by atoms with van der Waals surface area (Å²) in [6, 6.07) is 6.26. The molecule has 1 fully saturated rings. The summed E-state index contributed by atoms with van der Waals surface area (Å²) in [5, 5.41) is 3.77. The van der Waals surface area contributed by atoms with Crippen LogP contribution in [0.1, 0.15) is 42.7 Å². The number of likely N-dealkylation sites (tertiary alicyclic amines) is 1. The summed E-state index contributed by atoms with van der Waals surface area (Å²) in [4.78, 5) is 18.9. The average Bonchev–Trinajstić information content (AvgIpc) is 3.27. The molecule has 3 rings (SSSR count). The summed E-state index contributed by atoms with van der Waals surface area (Å²) >= 11 is 0. The number of amides is 1. The second-order valence-electron chi connectivity index (χ2n) is 6.56. The first-order chi connectivity index (χ1) is 12.2. The number of aromatic nitrogens is 2. The Hall–Kier alpha value is -2.37. The number of hydrogen-bond donors (Lipinski definition) is 0. The van der Waals surface area contributed by atoms with Gasteiger partial charge in [0, 0.05) is 43.4 Å². The zero-order valence-corrected chi connectivity index (χ0v) is 14.9. The molecular formula is C19H25N3O3.